The first-order valence-electron chi connectivity index (χ1n) is 11.3. The molecule has 170 valence electrons. The van der Waals surface area contributed by atoms with Crippen molar-refractivity contribution in [3.05, 3.63) is 16.4 Å². The summed E-state index contributed by atoms with van der Waals surface area (Å²) in [7, 11) is 0. The molecule has 1 aromatic rings. The van der Waals surface area contributed by atoms with Crippen LogP contribution >= 0.6 is 0 Å². The fourth-order valence-corrected chi connectivity index (χ4v) is 5.84. The summed E-state index contributed by atoms with van der Waals surface area (Å²) in [5.41, 5.74) is -1.49. The van der Waals surface area contributed by atoms with Gasteiger partial charge in [-0.15, -0.1) is 0 Å². The summed E-state index contributed by atoms with van der Waals surface area (Å²) in [5.74, 6) is 0.525. The molecule has 5 aliphatic rings. The van der Waals surface area contributed by atoms with E-state index in [0.29, 0.717) is 19.0 Å². The number of hydrogen-bond acceptors (Lipinski definition) is 6. The van der Waals surface area contributed by atoms with Crippen molar-refractivity contribution in [2.75, 3.05) is 29.5 Å². The van der Waals surface area contributed by atoms with Gasteiger partial charge in [-0.2, -0.15) is 18.2 Å². The highest BCUT2D eigenvalue weighted by Gasteiger charge is 2.57. The zero-order chi connectivity index (χ0) is 21.5. The lowest BCUT2D eigenvalue weighted by atomic mass is 9.90. The molecular formula is C21H27F3N4O3. The van der Waals surface area contributed by atoms with E-state index in [4.69, 9.17) is 4.74 Å². The van der Waals surface area contributed by atoms with E-state index in [9.17, 15) is 23.1 Å². The number of nitrogens with zero attached hydrogens (tertiary/aromatic N) is 4. The molecule has 10 heteroatoms. The smallest absolute Gasteiger partial charge is 0.387 e. The lowest BCUT2D eigenvalue weighted by Gasteiger charge is -2.44. The first-order valence-corrected chi connectivity index (χ1v) is 11.3. The second-order valence-corrected chi connectivity index (χ2v) is 9.92. The van der Waals surface area contributed by atoms with E-state index in [1.54, 1.807) is 0 Å². The average molecular weight is 440 g/mol. The summed E-state index contributed by atoms with van der Waals surface area (Å²) in [6.45, 7) is 0.986. The van der Waals surface area contributed by atoms with Crippen molar-refractivity contribution < 1.29 is 23.0 Å². The molecule has 2 aliphatic carbocycles. The highest BCUT2D eigenvalue weighted by atomic mass is 19.4. The third-order valence-corrected chi connectivity index (χ3v) is 7.80. The molecule has 3 atom stereocenters. The van der Waals surface area contributed by atoms with Gasteiger partial charge in [0, 0.05) is 19.2 Å². The van der Waals surface area contributed by atoms with Gasteiger partial charge in [-0.05, 0) is 50.4 Å². The second-order valence-electron chi connectivity index (χ2n) is 9.92. The monoisotopic (exact) mass is 440 g/mol. The number of aromatic nitrogens is 2. The number of rotatable bonds is 5. The number of morpholine rings is 1. The maximum Gasteiger partial charge on any atom is 0.408 e. The van der Waals surface area contributed by atoms with Crippen molar-refractivity contribution in [3.8, 4) is 0 Å². The van der Waals surface area contributed by atoms with Gasteiger partial charge in [-0.1, -0.05) is 0 Å². The molecule has 1 N–H and O–H groups in total. The van der Waals surface area contributed by atoms with Crippen LogP contribution in [0.5, 0.6) is 0 Å². The molecule has 2 saturated carbocycles. The van der Waals surface area contributed by atoms with Crippen LogP contribution in [0.1, 0.15) is 38.5 Å². The Morgan fingerprint density at radius 3 is 2.42 bits per heavy atom. The molecule has 1 aromatic heterocycles. The zero-order valence-corrected chi connectivity index (χ0v) is 17.2. The predicted molar refractivity (Wildman–Crippen MR) is 106 cm³/mol. The molecule has 4 fully saturated rings. The molecule has 6 rings (SSSR count). The Bertz CT molecular complexity index is 931. The molecule has 3 aliphatic heterocycles. The highest BCUT2D eigenvalue weighted by molar-refractivity contribution is 5.49. The van der Waals surface area contributed by atoms with Crippen LogP contribution in [0.15, 0.2) is 10.9 Å². The van der Waals surface area contributed by atoms with Gasteiger partial charge >= 0.3 is 6.18 Å². The van der Waals surface area contributed by atoms with Gasteiger partial charge in [0.25, 0.3) is 5.56 Å². The minimum atomic E-state index is -4.46. The van der Waals surface area contributed by atoms with E-state index in [1.807, 2.05) is 4.90 Å². The molecule has 7 nitrogen and oxygen atoms in total. The number of alkyl halides is 3. The number of aliphatic hydroxyl groups is 1. The number of hydrogen-bond donors (Lipinski definition) is 1. The number of β-amino-alcohol motifs (C(OH)–C–C–N with tert-alkyl or cyclic N) is 1. The van der Waals surface area contributed by atoms with E-state index in [2.05, 4.69) is 4.98 Å². The third kappa shape index (κ3) is 3.25. The molecule has 0 aromatic carbocycles. The van der Waals surface area contributed by atoms with Crippen LogP contribution in [0.2, 0.25) is 0 Å². The maximum atomic E-state index is 14.1. The van der Waals surface area contributed by atoms with Gasteiger partial charge in [0.05, 0.1) is 30.9 Å². The van der Waals surface area contributed by atoms with E-state index in [-0.39, 0.29) is 55.0 Å². The van der Waals surface area contributed by atoms with E-state index >= 15 is 0 Å². The Hall–Kier alpha value is -1.81. The summed E-state index contributed by atoms with van der Waals surface area (Å²) >= 11 is 0. The SMILES string of the molecule is O=c1cc(N2C[C@@H]3C[C@H]2CO3)nc2n1CC[C@@H](C(F)(F)F)N2CC(O)(C1CC1)C1CC1. The van der Waals surface area contributed by atoms with Crippen molar-refractivity contribution in [2.45, 2.75) is 75.0 Å². The molecule has 2 bridgehead atoms. The standard InChI is InChI=1S/C21H27F3N4O3/c22-21(23,24)16-5-6-26-18(29)8-17(27-9-15-7-14(27)10-31-15)25-19(26)28(16)11-20(30,12-1-2-12)13-3-4-13/h8,12-16,30H,1-7,9-11H2/t14-,15-,16-/m0/s1. The van der Waals surface area contributed by atoms with Crippen molar-refractivity contribution in [3.63, 3.8) is 0 Å². The van der Waals surface area contributed by atoms with Gasteiger partial charge in [0.2, 0.25) is 5.95 Å². The molecule has 0 radical (unpaired) electrons. The largest absolute Gasteiger partial charge is 0.408 e. The van der Waals surface area contributed by atoms with Crippen molar-refractivity contribution in [2.24, 2.45) is 11.8 Å². The zero-order valence-electron chi connectivity index (χ0n) is 17.2. The molecule has 4 heterocycles. The first-order chi connectivity index (χ1) is 14.7. The summed E-state index contributed by atoms with van der Waals surface area (Å²) in [5, 5.41) is 11.4. The van der Waals surface area contributed by atoms with Gasteiger partial charge < -0.3 is 19.6 Å². The van der Waals surface area contributed by atoms with Crippen LogP contribution in [-0.4, -0.2) is 64.3 Å². The minimum absolute atomic E-state index is 0.0252. The molecule has 0 spiro atoms. The maximum absolute atomic E-state index is 14.1. The van der Waals surface area contributed by atoms with E-state index in [1.165, 1.54) is 15.5 Å². The topological polar surface area (TPSA) is 70.8 Å². The molecule has 2 saturated heterocycles. The number of fused-ring (bicyclic) bond motifs is 3. The Kier molecular flexibility index (Phi) is 4.23. The van der Waals surface area contributed by atoms with Gasteiger partial charge in [0.1, 0.15) is 11.9 Å². The molecule has 0 amide bonds. The van der Waals surface area contributed by atoms with Crippen LogP contribution in [-0.2, 0) is 11.3 Å². The third-order valence-electron chi connectivity index (χ3n) is 7.80. The fourth-order valence-electron chi connectivity index (χ4n) is 5.84. The van der Waals surface area contributed by atoms with Crippen LogP contribution in [0.4, 0.5) is 24.9 Å². The Labute approximate surface area is 177 Å². The minimum Gasteiger partial charge on any atom is -0.387 e. The summed E-state index contributed by atoms with van der Waals surface area (Å²) in [6, 6.07) is -0.216. The molecular weight excluding hydrogens is 413 g/mol. The fraction of sp³-hybridized carbons (Fsp3) is 0.810. The van der Waals surface area contributed by atoms with Gasteiger partial charge in [-0.25, -0.2) is 0 Å². The Morgan fingerprint density at radius 2 is 1.87 bits per heavy atom. The second kappa shape index (κ2) is 6.60. The normalized spacial score (nSPS) is 30.8. The number of anilines is 2. The van der Waals surface area contributed by atoms with E-state index < -0.39 is 17.8 Å². The summed E-state index contributed by atoms with van der Waals surface area (Å²) in [6.07, 6.45) is -0.386. The van der Waals surface area contributed by atoms with Gasteiger partial charge in [0.15, 0.2) is 0 Å². The van der Waals surface area contributed by atoms with Crippen LogP contribution in [0.3, 0.4) is 0 Å². The Morgan fingerprint density at radius 1 is 1.16 bits per heavy atom. The lowest BCUT2D eigenvalue weighted by molar-refractivity contribution is -0.155. The highest BCUT2D eigenvalue weighted by Crippen LogP contribution is 2.53. The van der Waals surface area contributed by atoms with Crippen LogP contribution in [0, 0.1) is 11.8 Å². The average Bonchev–Trinajstić information content (AvgIpc) is 3.65. The summed E-state index contributed by atoms with van der Waals surface area (Å²) < 4.78 is 49.1. The van der Waals surface area contributed by atoms with Crippen molar-refractivity contribution >= 4 is 11.8 Å². The lowest BCUT2D eigenvalue weighted by Crippen LogP contribution is -2.58. The summed E-state index contributed by atoms with van der Waals surface area (Å²) in [4.78, 5) is 20.7. The van der Waals surface area contributed by atoms with E-state index in [0.717, 1.165) is 32.1 Å². The van der Waals surface area contributed by atoms with Crippen LogP contribution < -0.4 is 15.4 Å². The quantitative estimate of drug-likeness (QED) is 0.755. The molecule has 0 unspecified atom stereocenters. The van der Waals surface area contributed by atoms with Crippen molar-refractivity contribution in [1.82, 2.24) is 9.55 Å². The van der Waals surface area contributed by atoms with Crippen molar-refractivity contribution in [1.29, 1.82) is 0 Å². The Balaban J connectivity index is 1.41. The number of halogens is 3. The predicted octanol–water partition coefficient (Wildman–Crippen LogP) is 1.91. The first kappa shape index (κ1) is 19.8. The number of ether oxygens (including phenoxy) is 1. The van der Waals surface area contributed by atoms with Gasteiger partial charge in [-0.3, -0.25) is 9.36 Å². The van der Waals surface area contributed by atoms with Crippen LogP contribution in [0.25, 0.3) is 0 Å². The molecule has 31 heavy (non-hydrogen) atoms.